The number of nitro benzene ring substituents is 1. The van der Waals surface area contributed by atoms with Crippen molar-refractivity contribution in [3.8, 4) is 0 Å². The van der Waals surface area contributed by atoms with E-state index in [-0.39, 0.29) is 11.5 Å². The highest BCUT2D eigenvalue weighted by Gasteiger charge is 2.17. The van der Waals surface area contributed by atoms with Gasteiger partial charge in [-0.15, -0.1) is 0 Å². The Balaban J connectivity index is 2.52. The molecule has 0 amide bonds. The molecule has 0 N–H and O–H groups in total. The zero-order valence-electron chi connectivity index (χ0n) is 12.2. The fraction of sp³-hybridized carbons (Fsp3) is 0.188. The van der Waals surface area contributed by atoms with Crippen molar-refractivity contribution in [3.63, 3.8) is 0 Å². The number of benzene rings is 2. The Bertz CT molecular complexity index is 710. The van der Waals surface area contributed by atoms with E-state index in [1.54, 1.807) is 6.07 Å². The van der Waals surface area contributed by atoms with Gasteiger partial charge in [-0.1, -0.05) is 12.1 Å². The molecule has 0 aliphatic rings. The van der Waals surface area contributed by atoms with Crippen LogP contribution in [0.4, 0.5) is 17.1 Å². The van der Waals surface area contributed by atoms with Crippen LogP contribution in [0.3, 0.4) is 0 Å². The molecule has 0 saturated carbocycles. The molecule has 2 aromatic rings. The van der Waals surface area contributed by atoms with Gasteiger partial charge in [-0.25, -0.2) is 0 Å². The van der Waals surface area contributed by atoms with Crippen molar-refractivity contribution in [2.75, 3.05) is 11.9 Å². The number of rotatable bonds is 4. The molecule has 0 aromatic heterocycles. The lowest BCUT2D eigenvalue weighted by Gasteiger charge is -2.22. The van der Waals surface area contributed by atoms with Crippen LogP contribution in [0, 0.1) is 17.0 Å². The quantitative estimate of drug-likeness (QED) is 0.485. The van der Waals surface area contributed by atoms with Gasteiger partial charge in [0, 0.05) is 30.4 Å². The highest BCUT2D eigenvalue weighted by molar-refractivity contribution is 6.01. The van der Waals surface area contributed by atoms with Gasteiger partial charge in [-0.05, 0) is 37.6 Å². The Labute approximate surface area is 123 Å². The van der Waals surface area contributed by atoms with E-state index in [4.69, 9.17) is 0 Å². The largest absolute Gasteiger partial charge is 0.344 e. The normalized spacial score (nSPS) is 10.2. The molecular formula is C16H16N2O3. The van der Waals surface area contributed by atoms with Crippen LogP contribution in [-0.2, 0) is 0 Å². The van der Waals surface area contributed by atoms with Crippen LogP contribution in [0.5, 0.6) is 0 Å². The number of nitro groups is 1. The fourth-order valence-electron chi connectivity index (χ4n) is 2.19. The molecule has 2 rings (SSSR count). The number of nitrogens with zero attached hydrogens (tertiary/aromatic N) is 2. The van der Waals surface area contributed by atoms with Crippen LogP contribution in [0.15, 0.2) is 42.5 Å². The average Bonchev–Trinajstić information content (AvgIpc) is 2.45. The zero-order chi connectivity index (χ0) is 15.6. The summed E-state index contributed by atoms with van der Waals surface area (Å²) in [4.78, 5) is 24.0. The van der Waals surface area contributed by atoms with Gasteiger partial charge in [0.2, 0.25) is 0 Å². The predicted octanol–water partition coefficient (Wildman–Crippen LogP) is 3.87. The second kappa shape index (κ2) is 5.75. The van der Waals surface area contributed by atoms with Crippen LogP contribution < -0.4 is 4.90 Å². The summed E-state index contributed by atoms with van der Waals surface area (Å²) in [5, 5.41) is 10.9. The number of hydrogen-bond acceptors (Lipinski definition) is 4. The lowest BCUT2D eigenvalue weighted by Crippen LogP contribution is -2.13. The van der Waals surface area contributed by atoms with Crippen molar-refractivity contribution in [1.29, 1.82) is 0 Å². The van der Waals surface area contributed by atoms with E-state index in [1.807, 2.05) is 43.1 Å². The Hall–Kier alpha value is -2.69. The third-order valence-electron chi connectivity index (χ3n) is 3.32. The van der Waals surface area contributed by atoms with Crippen molar-refractivity contribution >= 4 is 22.8 Å². The Kier molecular flexibility index (Phi) is 4.03. The molecule has 0 atom stereocenters. The lowest BCUT2D eigenvalue weighted by molar-refractivity contribution is -0.384. The van der Waals surface area contributed by atoms with Crippen molar-refractivity contribution in [2.45, 2.75) is 13.8 Å². The molecule has 5 nitrogen and oxygen atoms in total. The minimum atomic E-state index is -0.497. The maximum atomic E-state index is 11.8. The first-order valence-corrected chi connectivity index (χ1v) is 6.50. The summed E-state index contributed by atoms with van der Waals surface area (Å²) in [6.45, 7) is 3.39. The van der Waals surface area contributed by atoms with Gasteiger partial charge < -0.3 is 4.90 Å². The standard InChI is InChI=1S/C16H16N2O3/c1-11-5-4-6-13(9-11)17(3)16-8-7-14(18(20)21)10-15(16)12(2)19/h4-10H,1-3H3. The molecular weight excluding hydrogens is 268 g/mol. The van der Waals surface area contributed by atoms with Gasteiger partial charge in [0.1, 0.15) is 0 Å². The second-order valence-electron chi connectivity index (χ2n) is 4.91. The Morgan fingerprint density at radius 3 is 2.48 bits per heavy atom. The zero-order valence-corrected chi connectivity index (χ0v) is 12.2. The molecule has 0 spiro atoms. The summed E-state index contributed by atoms with van der Waals surface area (Å²) in [6, 6.07) is 12.2. The van der Waals surface area contributed by atoms with E-state index in [1.165, 1.54) is 19.1 Å². The van der Waals surface area contributed by atoms with E-state index < -0.39 is 4.92 Å². The summed E-state index contributed by atoms with van der Waals surface area (Å²) < 4.78 is 0. The molecule has 0 aliphatic carbocycles. The SMILES string of the molecule is CC(=O)c1cc([N+](=O)[O-])ccc1N(C)c1cccc(C)c1. The number of carbonyl (C=O) groups excluding carboxylic acids is 1. The number of ketones is 1. The van der Waals surface area contributed by atoms with Crippen LogP contribution in [0.2, 0.25) is 0 Å². The van der Waals surface area contributed by atoms with Crippen molar-refractivity contribution in [2.24, 2.45) is 0 Å². The third kappa shape index (κ3) is 3.08. The molecule has 0 bridgehead atoms. The van der Waals surface area contributed by atoms with E-state index in [2.05, 4.69) is 0 Å². The van der Waals surface area contributed by atoms with Gasteiger partial charge in [0.15, 0.2) is 5.78 Å². The molecule has 0 saturated heterocycles. The van der Waals surface area contributed by atoms with Gasteiger partial charge in [-0.2, -0.15) is 0 Å². The van der Waals surface area contributed by atoms with Crippen LogP contribution in [-0.4, -0.2) is 17.8 Å². The van der Waals surface area contributed by atoms with Gasteiger partial charge >= 0.3 is 0 Å². The molecule has 5 heteroatoms. The van der Waals surface area contributed by atoms with E-state index in [0.717, 1.165) is 11.3 Å². The number of aryl methyl sites for hydroxylation is 1. The van der Waals surface area contributed by atoms with E-state index >= 15 is 0 Å². The van der Waals surface area contributed by atoms with Gasteiger partial charge in [0.25, 0.3) is 5.69 Å². The minimum absolute atomic E-state index is 0.0819. The number of non-ortho nitro benzene ring substituents is 1. The van der Waals surface area contributed by atoms with Crippen LogP contribution in [0.1, 0.15) is 22.8 Å². The summed E-state index contributed by atoms with van der Waals surface area (Å²) in [5.41, 5.74) is 2.94. The highest BCUT2D eigenvalue weighted by atomic mass is 16.6. The highest BCUT2D eigenvalue weighted by Crippen LogP contribution is 2.30. The van der Waals surface area contributed by atoms with Gasteiger partial charge in [-0.3, -0.25) is 14.9 Å². The first-order chi connectivity index (χ1) is 9.90. The van der Waals surface area contributed by atoms with Crippen LogP contribution >= 0.6 is 0 Å². The lowest BCUT2D eigenvalue weighted by atomic mass is 10.1. The third-order valence-corrected chi connectivity index (χ3v) is 3.32. The topological polar surface area (TPSA) is 63.4 Å². The first kappa shape index (κ1) is 14.7. The number of Topliss-reactive ketones (excluding diaryl/α,β-unsaturated/α-hetero) is 1. The number of anilines is 2. The molecule has 0 unspecified atom stereocenters. The van der Waals surface area contributed by atoms with Crippen molar-refractivity contribution in [1.82, 2.24) is 0 Å². The molecule has 21 heavy (non-hydrogen) atoms. The monoisotopic (exact) mass is 284 g/mol. The Morgan fingerprint density at radius 1 is 1.19 bits per heavy atom. The predicted molar refractivity (Wildman–Crippen MR) is 82.3 cm³/mol. The van der Waals surface area contributed by atoms with Gasteiger partial charge in [0.05, 0.1) is 10.6 Å². The average molecular weight is 284 g/mol. The maximum Gasteiger partial charge on any atom is 0.270 e. The van der Waals surface area contributed by atoms with E-state index in [9.17, 15) is 14.9 Å². The summed E-state index contributed by atoms with van der Waals surface area (Å²) >= 11 is 0. The fourth-order valence-corrected chi connectivity index (χ4v) is 2.19. The molecule has 108 valence electrons. The summed E-state index contributed by atoms with van der Waals surface area (Å²) in [5.74, 6) is -0.201. The van der Waals surface area contributed by atoms with Crippen LogP contribution in [0.25, 0.3) is 0 Å². The molecule has 0 aliphatic heterocycles. The maximum absolute atomic E-state index is 11.8. The summed E-state index contributed by atoms with van der Waals surface area (Å²) in [6.07, 6.45) is 0. The second-order valence-corrected chi connectivity index (χ2v) is 4.91. The number of hydrogen-bond donors (Lipinski definition) is 0. The molecule has 0 fully saturated rings. The first-order valence-electron chi connectivity index (χ1n) is 6.50. The van der Waals surface area contributed by atoms with Crippen molar-refractivity contribution < 1.29 is 9.72 Å². The van der Waals surface area contributed by atoms with E-state index in [0.29, 0.717) is 11.3 Å². The van der Waals surface area contributed by atoms with Crippen molar-refractivity contribution in [3.05, 3.63) is 63.7 Å². The summed E-state index contributed by atoms with van der Waals surface area (Å²) in [7, 11) is 1.84. The molecule has 0 radical (unpaired) electrons. The number of carbonyl (C=O) groups is 1. The smallest absolute Gasteiger partial charge is 0.270 e. The Morgan fingerprint density at radius 2 is 1.90 bits per heavy atom. The molecule has 2 aromatic carbocycles. The molecule has 0 heterocycles. The minimum Gasteiger partial charge on any atom is -0.344 e.